The molecular weight excluding hydrogens is 230 g/mol. The molecule has 0 aliphatic heterocycles. The van der Waals surface area contributed by atoms with E-state index in [-0.39, 0.29) is 0 Å². The second-order valence-electron chi connectivity index (χ2n) is 4.31. The van der Waals surface area contributed by atoms with E-state index in [0.717, 1.165) is 21.0 Å². The van der Waals surface area contributed by atoms with Crippen LogP contribution in [0, 0.1) is 0 Å². The largest absolute Gasteiger partial charge is 0.351 e. The zero-order chi connectivity index (χ0) is 11.8. The van der Waals surface area contributed by atoms with Gasteiger partial charge in [-0.1, -0.05) is 31.3 Å². The molecule has 0 spiro atoms. The van der Waals surface area contributed by atoms with Gasteiger partial charge in [-0.2, -0.15) is 0 Å². The third-order valence-corrected chi connectivity index (χ3v) is 3.77. The lowest BCUT2D eigenvalue weighted by atomic mass is 10.1. The van der Waals surface area contributed by atoms with Crippen LogP contribution in [0.2, 0.25) is 0 Å². The van der Waals surface area contributed by atoms with Crippen LogP contribution < -0.4 is 0 Å². The molecule has 0 fully saturated rings. The molecule has 86 valence electrons. The normalized spacial score (nSPS) is 11.5. The van der Waals surface area contributed by atoms with Crippen molar-refractivity contribution in [2.75, 3.05) is 0 Å². The Balaban J connectivity index is 2.15. The number of hydrogen-bond donors (Lipinski definition) is 1. The number of nitrogens with one attached hydrogen (secondary N) is 1. The summed E-state index contributed by atoms with van der Waals surface area (Å²) in [6.45, 7) is 4.37. The fourth-order valence-corrected chi connectivity index (χ4v) is 2.80. The van der Waals surface area contributed by atoms with Gasteiger partial charge in [-0.05, 0) is 23.6 Å². The molecule has 0 radical (unpaired) electrons. The molecule has 0 saturated carbocycles. The van der Waals surface area contributed by atoms with Crippen molar-refractivity contribution in [3.8, 4) is 10.7 Å². The quantitative estimate of drug-likeness (QED) is 0.743. The van der Waals surface area contributed by atoms with Gasteiger partial charge in [-0.25, -0.2) is 4.98 Å². The Morgan fingerprint density at radius 2 is 2.18 bits per heavy atom. The lowest BCUT2D eigenvalue weighted by Gasteiger charge is -1.98. The van der Waals surface area contributed by atoms with Crippen LogP contribution in [0.15, 0.2) is 30.6 Å². The molecule has 3 aromatic heterocycles. The highest BCUT2D eigenvalue weighted by Crippen LogP contribution is 2.32. The second kappa shape index (κ2) is 3.96. The van der Waals surface area contributed by atoms with Crippen LogP contribution in [0.25, 0.3) is 21.0 Å². The van der Waals surface area contributed by atoms with Crippen LogP contribution in [-0.4, -0.2) is 15.0 Å². The highest BCUT2D eigenvalue weighted by atomic mass is 32.1. The zero-order valence-corrected chi connectivity index (χ0v) is 10.6. The molecule has 4 heteroatoms. The summed E-state index contributed by atoms with van der Waals surface area (Å²) in [4.78, 5) is 13.4. The fraction of sp³-hybridized carbons (Fsp3) is 0.231. The molecule has 3 nitrogen and oxygen atoms in total. The van der Waals surface area contributed by atoms with Crippen LogP contribution in [0.5, 0.6) is 0 Å². The summed E-state index contributed by atoms with van der Waals surface area (Å²) in [6, 6.07) is 5.90. The molecule has 0 aliphatic carbocycles. The lowest BCUT2D eigenvalue weighted by molar-refractivity contribution is 0.873. The summed E-state index contributed by atoms with van der Waals surface area (Å²) < 4.78 is 0. The first-order chi connectivity index (χ1) is 8.25. The Labute approximate surface area is 104 Å². The van der Waals surface area contributed by atoms with Gasteiger partial charge in [0.05, 0.1) is 5.69 Å². The molecule has 0 atom stereocenters. The number of aromatic amines is 1. The van der Waals surface area contributed by atoms with E-state index < -0.39 is 0 Å². The van der Waals surface area contributed by atoms with Gasteiger partial charge in [0.2, 0.25) is 0 Å². The number of rotatable bonds is 2. The van der Waals surface area contributed by atoms with Crippen LogP contribution in [0.3, 0.4) is 0 Å². The van der Waals surface area contributed by atoms with Crippen LogP contribution >= 0.6 is 11.3 Å². The molecule has 0 bridgehead atoms. The van der Waals surface area contributed by atoms with Crippen molar-refractivity contribution in [1.29, 1.82) is 0 Å². The van der Waals surface area contributed by atoms with E-state index >= 15 is 0 Å². The molecule has 0 saturated heterocycles. The lowest BCUT2D eigenvalue weighted by Crippen LogP contribution is -1.85. The van der Waals surface area contributed by atoms with E-state index in [1.165, 1.54) is 5.56 Å². The number of hydrogen-bond acceptors (Lipinski definition) is 3. The van der Waals surface area contributed by atoms with Crippen molar-refractivity contribution in [3.63, 3.8) is 0 Å². The molecule has 3 heterocycles. The monoisotopic (exact) mass is 243 g/mol. The van der Waals surface area contributed by atoms with Crippen molar-refractivity contribution in [2.24, 2.45) is 0 Å². The summed E-state index contributed by atoms with van der Waals surface area (Å²) in [6.07, 6.45) is 3.86. The van der Waals surface area contributed by atoms with E-state index in [1.807, 2.05) is 18.2 Å². The van der Waals surface area contributed by atoms with E-state index in [9.17, 15) is 0 Å². The molecule has 0 unspecified atom stereocenters. The Morgan fingerprint density at radius 1 is 1.29 bits per heavy atom. The van der Waals surface area contributed by atoms with E-state index in [4.69, 9.17) is 0 Å². The van der Waals surface area contributed by atoms with Crippen molar-refractivity contribution < 1.29 is 0 Å². The van der Waals surface area contributed by atoms with Gasteiger partial charge < -0.3 is 4.98 Å². The van der Waals surface area contributed by atoms with E-state index in [2.05, 4.69) is 35.0 Å². The summed E-state index contributed by atoms with van der Waals surface area (Å²) in [5.41, 5.74) is 3.31. The SMILES string of the molecule is CC(C)c1c[nH]c2sc(-c3ccccn3)nc12. The predicted molar refractivity (Wildman–Crippen MR) is 71.3 cm³/mol. The Bertz CT molecular complexity index is 637. The average molecular weight is 243 g/mol. The molecule has 0 aliphatic rings. The predicted octanol–water partition coefficient (Wildman–Crippen LogP) is 3.81. The van der Waals surface area contributed by atoms with Crippen LogP contribution in [-0.2, 0) is 0 Å². The van der Waals surface area contributed by atoms with Gasteiger partial charge in [-0.3, -0.25) is 4.98 Å². The number of nitrogens with zero attached hydrogens (tertiary/aromatic N) is 2. The maximum atomic E-state index is 4.69. The first-order valence-corrected chi connectivity index (χ1v) is 6.46. The minimum atomic E-state index is 0.488. The number of fused-ring (bicyclic) bond motifs is 1. The minimum Gasteiger partial charge on any atom is -0.351 e. The number of pyridine rings is 1. The highest BCUT2D eigenvalue weighted by Gasteiger charge is 2.13. The standard InChI is InChI=1S/C13H13N3S/c1-8(2)9-7-15-13-11(9)16-12(17-13)10-5-3-4-6-14-10/h3-8,15H,1-2H3. The summed E-state index contributed by atoms with van der Waals surface area (Å²) in [5, 5.41) is 0.981. The van der Waals surface area contributed by atoms with E-state index in [0.29, 0.717) is 5.92 Å². The number of aromatic nitrogens is 3. The third kappa shape index (κ3) is 1.74. The second-order valence-corrected chi connectivity index (χ2v) is 5.31. The first kappa shape index (κ1) is 10.5. The van der Waals surface area contributed by atoms with Crippen LogP contribution in [0.4, 0.5) is 0 Å². The van der Waals surface area contributed by atoms with Crippen LogP contribution in [0.1, 0.15) is 25.3 Å². The van der Waals surface area contributed by atoms with Crippen molar-refractivity contribution in [2.45, 2.75) is 19.8 Å². The van der Waals surface area contributed by atoms with Gasteiger partial charge in [0.15, 0.2) is 0 Å². The maximum absolute atomic E-state index is 4.69. The molecule has 3 rings (SSSR count). The fourth-order valence-electron chi connectivity index (χ4n) is 1.86. The van der Waals surface area contributed by atoms with Gasteiger partial charge in [0.1, 0.15) is 15.4 Å². The first-order valence-electron chi connectivity index (χ1n) is 5.65. The Morgan fingerprint density at radius 3 is 2.88 bits per heavy atom. The zero-order valence-electron chi connectivity index (χ0n) is 9.77. The van der Waals surface area contributed by atoms with Gasteiger partial charge >= 0.3 is 0 Å². The third-order valence-electron chi connectivity index (χ3n) is 2.77. The van der Waals surface area contributed by atoms with Gasteiger partial charge in [-0.15, -0.1) is 0 Å². The molecule has 3 aromatic rings. The summed E-state index contributed by atoms with van der Waals surface area (Å²) in [5.74, 6) is 0.488. The highest BCUT2D eigenvalue weighted by molar-refractivity contribution is 7.21. The van der Waals surface area contributed by atoms with Crippen molar-refractivity contribution in [3.05, 3.63) is 36.2 Å². The molecule has 0 amide bonds. The Kier molecular flexibility index (Phi) is 2.44. The summed E-state index contributed by atoms with van der Waals surface area (Å²) in [7, 11) is 0. The van der Waals surface area contributed by atoms with Gasteiger partial charge in [0.25, 0.3) is 0 Å². The smallest absolute Gasteiger partial charge is 0.144 e. The maximum Gasteiger partial charge on any atom is 0.144 e. The van der Waals surface area contributed by atoms with Gasteiger partial charge in [0, 0.05) is 12.4 Å². The van der Waals surface area contributed by atoms with Crippen molar-refractivity contribution in [1.82, 2.24) is 15.0 Å². The average Bonchev–Trinajstić information content (AvgIpc) is 2.88. The molecular formula is C13H13N3S. The number of H-pyrrole nitrogens is 1. The summed E-state index contributed by atoms with van der Waals surface area (Å²) >= 11 is 1.66. The van der Waals surface area contributed by atoms with E-state index in [1.54, 1.807) is 17.5 Å². The molecule has 1 N–H and O–H groups in total. The number of thiazole rings is 1. The topological polar surface area (TPSA) is 41.6 Å². The Hall–Kier alpha value is -1.68. The van der Waals surface area contributed by atoms with Crippen molar-refractivity contribution >= 4 is 21.7 Å². The minimum absolute atomic E-state index is 0.488. The molecule has 17 heavy (non-hydrogen) atoms. The molecule has 0 aromatic carbocycles.